The van der Waals surface area contributed by atoms with Gasteiger partial charge in [-0.3, -0.25) is 9.59 Å². The van der Waals surface area contributed by atoms with Crippen LogP contribution in [0.15, 0.2) is 18.2 Å². The second-order valence-electron chi connectivity index (χ2n) is 6.64. The number of amides is 2. The van der Waals surface area contributed by atoms with Crippen LogP contribution in [0.1, 0.15) is 30.4 Å². The standard InChI is InChI=1S/C18H25FN2O4S/c1-13-3-4-14(11-16(13)19)5-6-18(23)21-9-7-15(8-10-21)26(24,25)12-17(22)20-2/h3-4,11,15H,5-10,12H2,1-2H3,(H,20,22). The maximum absolute atomic E-state index is 13.5. The lowest BCUT2D eigenvalue weighted by atomic mass is 10.1. The molecule has 0 radical (unpaired) electrons. The number of sulfone groups is 1. The first-order chi connectivity index (χ1) is 12.2. The number of nitrogens with one attached hydrogen (secondary N) is 1. The highest BCUT2D eigenvalue weighted by Gasteiger charge is 2.32. The molecule has 26 heavy (non-hydrogen) atoms. The molecule has 0 atom stereocenters. The van der Waals surface area contributed by atoms with Crippen LogP contribution in [0.5, 0.6) is 0 Å². The van der Waals surface area contributed by atoms with Crippen molar-refractivity contribution in [3.63, 3.8) is 0 Å². The fourth-order valence-electron chi connectivity index (χ4n) is 3.04. The van der Waals surface area contributed by atoms with Gasteiger partial charge in [-0.05, 0) is 43.4 Å². The normalized spacial score (nSPS) is 15.7. The van der Waals surface area contributed by atoms with E-state index in [2.05, 4.69) is 5.32 Å². The van der Waals surface area contributed by atoms with Crippen molar-refractivity contribution in [2.45, 2.75) is 37.9 Å². The number of halogens is 1. The summed E-state index contributed by atoms with van der Waals surface area (Å²) in [5.41, 5.74) is 1.34. The maximum Gasteiger partial charge on any atom is 0.234 e. The number of carbonyl (C=O) groups excluding carboxylic acids is 2. The first-order valence-electron chi connectivity index (χ1n) is 8.68. The number of hydrogen-bond donors (Lipinski definition) is 1. The predicted molar refractivity (Wildman–Crippen MR) is 96.9 cm³/mol. The molecule has 1 aliphatic heterocycles. The summed E-state index contributed by atoms with van der Waals surface area (Å²) in [6.07, 6.45) is 1.39. The van der Waals surface area contributed by atoms with Gasteiger partial charge in [-0.2, -0.15) is 0 Å². The van der Waals surface area contributed by atoms with Crippen molar-refractivity contribution >= 4 is 21.7 Å². The fourth-order valence-corrected chi connectivity index (χ4v) is 4.71. The summed E-state index contributed by atoms with van der Waals surface area (Å²) in [5.74, 6) is -1.37. The third-order valence-electron chi connectivity index (χ3n) is 4.78. The summed E-state index contributed by atoms with van der Waals surface area (Å²) in [5, 5.41) is 1.73. The lowest BCUT2D eigenvalue weighted by Gasteiger charge is -2.31. The van der Waals surface area contributed by atoms with E-state index in [9.17, 15) is 22.4 Å². The molecule has 0 bridgehead atoms. The molecule has 1 N–H and O–H groups in total. The molecule has 2 rings (SSSR count). The van der Waals surface area contributed by atoms with Gasteiger partial charge in [0.1, 0.15) is 11.6 Å². The zero-order chi connectivity index (χ0) is 19.3. The van der Waals surface area contributed by atoms with E-state index in [-0.39, 0.29) is 18.1 Å². The largest absolute Gasteiger partial charge is 0.358 e. The van der Waals surface area contributed by atoms with Gasteiger partial charge >= 0.3 is 0 Å². The Morgan fingerprint density at radius 1 is 1.27 bits per heavy atom. The molecule has 6 nitrogen and oxygen atoms in total. The van der Waals surface area contributed by atoms with Crippen LogP contribution in [0.2, 0.25) is 0 Å². The van der Waals surface area contributed by atoms with E-state index >= 15 is 0 Å². The van der Waals surface area contributed by atoms with Gasteiger partial charge in [0.25, 0.3) is 0 Å². The number of benzene rings is 1. The average molecular weight is 384 g/mol. The van der Waals surface area contributed by atoms with E-state index in [4.69, 9.17) is 0 Å². The van der Waals surface area contributed by atoms with Crippen molar-refractivity contribution in [3.05, 3.63) is 35.1 Å². The van der Waals surface area contributed by atoms with Crippen LogP contribution in [0.25, 0.3) is 0 Å². The number of hydrogen-bond acceptors (Lipinski definition) is 4. The Kier molecular flexibility index (Phi) is 6.75. The molecule has 144 valence electrons. The molecule has 1 fully saturated rings. The molecule has 2 amide bonds. The van der Waals surface area contributed by atoms with E-state index in [0.29, 0.717) is 37.9 Å². The molecule has 0 aliphatic carbocycles. The van der Waals surface area contributed by atoms with Crippen LogP contribution >= 0.6 is 0 Å². The van der Waals surface area contributed by atoms with Gasteiger partial charge in [0, 0.05) is 26.6 Å². The molecule has 1 aliphatic rings. The summed E-state index contributed by atoms with van der Waals surface area (Å²) in [6, 6.07) is 4.95. The van der Waals surface area contributed by atoms with E-state index < -0.39 is 26.7 Å². The number of rotatable bonds is 6. The number of piperidine rings is 1. The molecule has 0 spiro atoms. The Bertz CT molecular complexity index is 771. The third kappa shape index (κ3) is 5.27. The van der Waals surface area contributed by atoms with Gasteiger partial charge in [0.05, 0.1) is 5.25 Å². The van der Waals surface area contributed by atoms with Crippen LogP contribution in [0, 0.1) is 12.7 Å². The monoisotopic (exact) mass is 384 g/mol. The second kappa shape index (κ2) is 8.62. The minimum absolute atomic E-state index is 0.0619. The Morgan fingerprint density at radius 2 is 1.92 bits per heavy atom. The van der Waals surface area contributed by atoms with Crippen molar-refractivity contribution in [2.75, 3.05) is 25.9 Å². The van der Waals surface area contributed by atoms with Gasteiger partial charge in [-0.1, -0.05) is 12.1 Å². The Hall–Kier alpha value is -1.96. The number of nitrogens with zero attached hydrogens (tertiary/aromatic N) is 1. The molecule has 1 aromatic carbocycles. The third-order valence-corrected chi connectivity index (χ3v) is 6.93. The van der Waals surface area contributed by atoms with E-state index in [1.807, 2.05) is 6.07 Å². The summed E-state index contributed by atoms with van der Waals surface area (Å²) in [6.45, 7) is 2.41. The second-order valence-corrected chi connectivity index (χ2v) is 8.93. The van der Waals surface area contributed by atoms with Gasteiger partial charge in [-0.15, -0.1) is 0 Å². The first kappa shape index (κ1) is 20.4. The zero-order valence-electron chi connectivity index (χ0n) is 15.1. The van der Waals surface area contributed by atoms with Crippen molar-refractivity contribution in [1.29, 1.82) is 0 Å². The molecule has 0 aromatic heterocycles. The van der Waals surface area contributed by atoms with Crippen molar-refractivity contribution in [2.24, 2.45) is 0 Å². The van der Waals surface area contributed by atoms with E-state index in [1.165, 1.54) is 13.1 Å². The number of carbonyl (C=O) groups is 2. The average Bonchev–Trinajstić information content (AvgIpc) is 2.62. The minimum atomic E-state index is -3.50. The van der Waals surface area contributed by atoms with Gasteiger partial charge < -0.3 is 10.2 Å². The first-order valence-corrected chi connectivity index (χ1v) is 10.4. The highest BCUT2D eigenvalue weighted by Crippen LogP contribution is 2.20. The van der Waals surface area contributed by atoms with Crippen LogP contribution in [0.4, 0.5) is 4.39 Å². The lowest BCUT2D eigenvalue weighted by molar-refractivity contribution is -0.132. The van der Waals surface area contributed by atoms with Crippen molar-refractivity contribution in [1.82, 2.24) is 10.2 Å². The van der Waals surface area contributed by atoms with Gasteiger partial charge in [-0.25, -0.2) is 12.8 Å². The molecule has 1 aromatic rings. The van der Waals surface area contributed by atoms with E-state index in [0.717, 1.165) is 5.56 Å². The fraction of sp³-hybridized carbons (Fsp3) is 0.556. The molecule has 1 saturated heterocycles. The zero-order valence-corrected chi connectivity index (χ0v) is 15.9. The summed E-state index contributed by atoms with van der Waals surface area (Å²) in [7, 11) is -2.10. The summed E-state index contributed by atoms with van der Waals surface area (Å²) < 4.78 is 38.0. The smallest absolute Gasteiger partial charge is 0.234 e. The highest BCUT2D eigenvalue weighted by atomic mass is 32.2. The van der Waals surface area contributed by atoms with Crippen LogP contribution < -0.4 is 5.32 Å². The number of aryl methyl sites for hydroxylation is 2. The minimum Gasteiger partial charge on any atom is -0.358 e. The lowest BCUT2D eigenvalue weighted by Crippen LogP contribution is -2.44. The SMILES string of the molecule is CNC(=O)CS(=O)(=O)C1CCN(C(=O)CCc2ccc(C)c(F)c2)CC1. The quantitative estimate of drug-likeness (QED) is 0.799. The van der Waals surface area contributed by atoms with Gasteiger partial charge in [0.15, 0.2) is 9.84 Å². The van der Waals surface area contributed by atoms with Crippen molar-refractivity contribution in [3.8, 4) is 0 Å². The molecule has 8 heteroatoms. The number of likely N-dealkylation sites (tertiary alicyclic amines) is 1. The van der Waals surface area contributed by atoms with Crippen molar-refractivity contribution < 1.29 is 22.4 Å². The van der Waals surface area contributed by atoms with Crippen LogP contribution in [0.3, 0.4) is 0 Å². The molecule has 0 unspecified atom stereocenters. The van der Waals surface area contributed by atoms with Gasteiger partial charge in [0.2, 0.25) is 11.8 Å². The van der Waals surface area contributed by atoms with E-state index in [1.54, 1.807) is 17.9 Å². The Balaban J connectivity index is 1.84. The summed E-state index contributed by atoms with van der Waals surface area (Å²) >= 11 is 0. The molecule has 1 heterocycles. The molecular formula is C18H25FN2O4S. The van der Waals surface area contributed by atoms with Crippen LogP contribution in [-0.2, 0) is 25.8 Å². The highest BCUT2D eigenvalue weighted by molar-refractivity contribution is 7.92. The molecular weight excluding hydrogens is 359 g/mol. The Labute approximate surface area is 153 Å². The van der Waals surface area contributed by atoms with Crippen LogP contribution in [-0.4, -0.2) is 56.3 Å². The molecule has 0 saturated carbocycles. The Morgan fingerprint density at radius 3 is 2.50 bits per heavy atom. The predicted octanol–water partition coefficient (Wildman–Crippen LogP) is 1.22. The summed E-state index contributed by atoms with van der Waals surface area (Å²) in [4.78, 5) is 25.3. The maximum atomic E-state index is 13.5. The topological polar surface area (TPSA) is 83.6 Å².